The third-order valence-corrected chi connectivity index (χ3v) is 3.92. The minimum absolute atomic E-state index is 0.0591. The lowest BCUT2D eigenvalue weighted by atomic mass is 10.1. The first-order valence-corrected chi connectivity index (χ1v) is 7.24. The minimum atomic E-state index is -0.0591. The lowest BCUT2D eigenvalue weighted by molar-refractivity contribution is -0.114. The quantitative estimate of drug-likeness (QED) is 0.781. The van der Waals surface area contributed by atoms with Crippen molar-refractivity contribution < 1.29 is 4.79 Å². The van der Waals surface area contributed by atoms with Gasteiger partial charge in [-0.25, -0.2) is 0 Å². The summed E-state index contributed by atoms with van der Waals surface area (Å²) in [7, 11) is 2.09. The molecule has 4 nitrogen and oxygen atoms in total. The molecule has 108 valence electrons. The van der Waals surface area contributed by atoms with Crippen molar-refractivity contribution in [1.29, 1.82) is 0 Å². The summed E-state index contributed by atoms with van der Waals surface area (Å²) in [4.78, 5) is 14.7. The number of likely N-dealkylation sites (tertiary alicyclic amines) is 1. The SMILES string of the molecule is CC1=NN(c2ccccc2)C(=O)C1=CC=C1CCCN1C. The summed E-state index contributed by atoms with van der Waals surface area (Å²) in [5, 5.41) is 5.84. The van der Waals surface area contributed by atoms with Gasteiger partial charge in [0.05, 0.1) is 17.0 Å². The van der Waals surface area contributed by atoms with E-state index in [9.17, 15) is 4.79 Å². The van der Waals surface area contributed by atoms with E-state index in [1.54, 1.807) is 0 Å². The molecule has 0 unspecified atom stereocenters. The van der Waals surface area contributed by atoms with Crippen molar-refractivity contribution in [3.05, 3.63) is 53.8 Å². The molecular formula is C17H19N3O. The second kappa shape index (κ2) is 5.56. The number of nitrogens with zero attached hydrogens (tertiary/aromatic N) is 3. The number of carbonyl (C=O) groups is 1. The number of hydrogen-bond donors (Lipinski definition) is 0. The van der Waals surface area contributed by atoms with E-state index in [0.29, 0.717) is 5.57 Å². The maximum Gasteiger partial charge on any atom is 0.280 e. The van der Waals surface area contributed by atoms with E-state index < -0.39 is 0 Å². The number of rotatable bonds is 2. The Hall–Kier alpha value is -2.36. The smallest absolute Gasteiger partial charge is 0.280 e. The normalized spacial score (nSPS) is 22.6. The van der Waals surface area contributed by atoms with Crippen LogP contribution in [0.2, 0.25) is 0 Å². The average Bonchev–Trinajstić information content (AvgIpc) is 3.02. The molecule has 0 N–H and O–H groups in total. The van der Waals surface area contributed by atoms with Gasteiger partial charge in [0.25, 0.3) is 5.91 Å². The van der Waals surface area contributed by atoms with Crippen molar-refractivity contribution in [2.75, 3.05) is 18.6 Å². The van der Waals surface area contributed by atoms with Crippen LogP contribution >= 0.6 is 0 Å². The van der Waals surface area contributed by atoms with Crippen LogP contribution in [0.4, 0.5) is 5.69 Å². The fraction of sp³-hybridized carbons (Fsp3) is 0.294. The zero-order valence-electron chi connectivity index (χ0n) is 12.4. The molecule has 1 fully saturated rings. The summed E-state index contributed by atoms with van der Waals surface area (Å²) in [6.45, 7) is 2.97. The van der Waals surface area contributed by atoms with Gasteiger partial charge in [0, 0.05) is 19.3 Å². The number of para-hydroxylation sites is 1. The van der Waals surface area contributed by atoms with Crippen LogP contribution in [0.5, 0.6) is 0 Å². The van der Waals surface area contributed by atoms with Gasteiger partial charge in [0.2, 0.25) is 0 Å². The Balaban J connectivity index is 1.86. The topological polar surface area (TPSA) is 35.9 Å². The highest BCUT2D eigenvalue weighted by molar-refractivity contribution is 6.29. The summed E-state index contributed by atoms with van der Waals surface area (Å²) in [6.07, 6.45) is 6.21. The molecule has 0 aromatic heterocycles. The fourth-order valence-electron chi connectivity index (χ4n) is 2.68. The summed E-state index contributed by atoms with van der Waals surface area (Å²) in [5.74, 6) is -0.0591. The molecular weight excluding hydrogens is 262 g/mol. The molecule has 0 bridgehead atoms. The molecule has 0 radical (unpaired) electrons. The van der Waals surface area contributed by atoms with Crippen molar-refractivity contribution >= 4 is 17.3 Å². The van der Waals surface area contributed by atoms with Crippen LogP contribution in [-0.2, 0) is 4.79 Å². The van der Waals surface area contributed by atoms with Gasteiger partial charge in [-0.1, -0.05) is 18.2 Å². The molecule has 1 aromatic carbocycles. The molecule has 2 aliphatic rings. The molecule has 2 heterocycles. The molecule has 4 heteroatoms. The van der Waals surface area contributed by atoms with Gasteiger partial charge < -0.3 is 4.90 Å². The van der Waals surface area contributed by atoms with Crippen molar-refractivity contribution in [1.82, 2.24) is 4.90 Å². The number of benzene rings is 1. The van der Waals surface area contributed by atoms with Gasteiger partial charge in [-0.3, -0.25) is 4.79 Å². The monoisotopic (exact) mass is 281 g/mol. The lowest BCUT2D eigenvalue weighted by Crippen LogP contribution is -2.21. The van der Waals surface area contributed by atoms with Crippen LogP contribution in [0.3, 0.4) is 0 Å². The Morgan fingerprint density at radius 3 is 2.62 bits per heavy atom. The molecule has 0 saturated carbocycles. The zero-order valence-corrected chi connectivity index (χ0v) is 12.4. The predicted octanol–water partition coefficient (Wildman–Crippen LogP) is 2.95. The van der Waals surface area contributed by atoms with E-state index in [2.05, 4.69) is 17.0 Å². The van der Waals surface area contributed by atoms with E-state index in [-0.39, 0.29) is 5.91 Å². The van der Waals surface area contributed by atoms with Crippen molar-refractivity contribution in [3.8, 4) is 0 Å². The molecule has 0 atom stereocenters. The first-order chi connectivity index (χ1) is 10.2. The van der Waals surface area contributed by atoms with Gasteiger partial charge in [-0.2, -0.15) is 10.1 Å². The molecule has 0 aliphatic carbocycles. The van der Waals surface area contributed by atoms with E-state index in [4.69, 9.17) is 0 Å². The van der Waals surface area contributed by atoms with Crippen molar-refractivity contribution in [2.45, 2.75) is 19.8 Å². The van der Waals surface area contributed by atoms with Crippen molar-refractivity contribution in [2.24, 2.45) is 5.10 Å². The first-order valence-electron chi connectivity index (χ1n) is 7.24. The molecule has 1 aromatic rings. The standard InChI is InChI=1S/C17H19N3O/c1-13-16(11-10-14-9-6-12-19(14)2)17(21)20(18-13)15-7-4-3-5-8-15/h3-5,7-8,10-11H,6,9,12H2,1-2H3. The lowest BCUT2D eigenvalue weighted by Gasteiger charge is -2.12. The number of hydrogen-bond acceptors (Lipinski definition) is 3. The third kappa shape index (κ3) is 2.61. The molecule has 2 aliphatic heterocycles. The second-order valence-corrected chi connectivity index (χ2v) is 5.40. The van der Waals surface area contributed by atoms with Crippen LogP contribution in [0.15, 0.2) is 58.9 Å². The van der Waals surface area contributed by atoms with E-state index in [1.165, 1.54) is 17.1 Å². The van der Waals surface area contributed by atoms with E-state index >= 15 is 0 Å². The number of allylic oxidation sites excluding steroid dienone is 3. The first kappa shape index (κ1) is 13.6. The molecule has 3 rings (SSSR count). The Labute approximate surface area is 125 Å². The summed E-state index contributed by atoms with van der Waals surface area (Å²) in [5.41, 5.74) is 3.52. The van der Waals surface area contributed by atoms with Crippen LogP contribution in [0.1, 0.15) is 19.8 Å². The van der Waals surface area contributed by atoms with Crippen LogP contribution in [-0.4, -0.2) is 30.1 Å². The Morgan fingerprint density at radius 2 is 1.95 bits per heavy atom. The fourth-order valence-corrected chi connectivity index (χ4v) is 2.68. The van der Waals surface area contributed by atoms with Crippen LogP contribution in [0.25, 0.3) is 0 Å². The largest absolute Gasteiger partial charge is 0.378 e. The molecule has 1 amide bonds. The van der Waals surface area contributed by atoms with Gasteiger partial charge in [-0.15, -0.1) is 0 Å². The summed E-state index contributed by atoms with van der Waals surface area (Å²) >= 11 is 0. The molecule has 0 spiro atoms. The van der Waals surface area contributed by atoms with Crippen molar-refractivity contribution in [3.63, 3.8) is 0 Å². The average molecular weight is 281 g/mol. The Bertz CT molecular complexity index is 643. The van der Waals surface area contributed by atoms with Gasteiger partial charge in [-0.05, 0) is 44.1 Å². The summed E-state index contributed by atoms with van der Waals surface area (Å²) < 4.78 is 0. The maximum absolute atomic E-state index is 12.5. The molecule has 1 saturated heterocycles. The van der Waals surface area contributed by atoms with Gasteiger partial charge in [0.1, 0.15) is 0 Å². The number of hydrazone groups is 1. The van der Waals surface area contributed by atoms with Gasteiger partial charge >= 0.3 is 0 Å². The highest BCUT2D eigenvalue weighted by atomic mass is 16.2. The Kier molecular flexibility index (Phi) is 3.60. The predicted molar refractivity (Wildman–Crippen MR) is 85.1 cm³/mol. The van der Waals surface area contributed by atoms with Crippen LogP contribution in [0, 0.1) is 0 Å². The second-order valence-electron chi connectivity index (χ2n) is 5.40. The number of amides is 1. The highest BCUT2D eigenvalue weighted by Crippen LogP contribution is 2.24. The maximum atomic E-state index is 12.5. The number of anilines is 1. The van der Waals surface area contributed by atoms with Crippen LogP contribution < -0.4 is 5.01 Å². The zero-order chi connectivity index (χ0) is 14.8. The highest BCUT2D eigenvalue weighted by Gasteiger charge is 2.28. The Morgan fingerprint density at radius 1 is 1.19 bits per heavy atom. The third-order valence-electron chi connectivity index (χ3n) is 3.92. The van der Waals surface area contributed by atoms with Gasteiger partial charge in [0.15, 0.2) is 0 Å². The van der Waals surface area contributed by atoms with E-state index in [0.717, 1.165) is 24.4 Å². The summed E-state index contributed by atoms with van der Waals surface area (Å²) in [6, 6.07) is 9.52. The minimum Gasteiger partial charge on any atom is -0.378 e. The van der Waals surface area contributed by atoms with E-state index in [1.807, 2.05) is 49.4 Å². The molecule has 21 heavy (non-hydrogen) atoms. The number of carbonyl (C=O) groups excluding carboxylic acids is 1.